The summed E-state index contributed by atoms with van der Waals surface area (Å²) in [4.78, 5) is 37.3. The summed E-state index contributed by atoms with van der Waals surface area (Å²) in [7, 11) is 0. The Morgan fingerprint density at radius 1 is 1.39 bits per heavy atom. The van der Waals surface area contributed by atoms with E-state index >= 15 is 0 Å². The number of fused-ring (bicyclic) bond motifs is 1. The van der Waals surface area contributed by atoms with Crippen molar-refractivity contribution in [1.29, 1.82) is 0 Å². The summed E-state index contributed by atoms with van der Waals surface area (Å²) < 4.78 is 10.9. The molecule has 2 aromatic rings. The average molecular weight is 381 g/mol. The Labute approximate surface area is 162 Å². The molecule has 1 aliphatic heterocycles. The van der Waals surface area contributed by atoms with Gasteiger partial charge in [0.05, 0.1) is 12.6 Å². The van der Waals surface area contributed by atoms with Gasteiger partial charge in [-0.15, -0.1) is 0 Å². The minimum absolute atomic E-state index is 0.0881. The molecule has 1 unspecified atom stereocenters. The van der Waals surface area contributed by atoms with Gasteiger partial charge in [0.15, 0.2) is 11.7 Å². The van der Waals surface area contributed by atoms with E-state index in [-0.39, 0.29) is 24.3 Å². The minimum Gasteiger partial charge on any atom is -0.465 e. The van der Waals surface area contributed by atoms with Gasteiger partial charge in [-0.1, -0.05) is 19.3 Å². The molecule has 0 bridgehead atoms. The number of pyridine rings is 1. The number of nitrogens with zero attached hydrogens (tertiary/aromatic N) is 2. The second-order valence-electron chi connectivity index (χ2n) is 7.06. The number of carbonyl (C=O) groups is 2. The Balaban J connectivity index is 1.68. The van der Waals surface area contributed by atoms with E-state index in [1.165, 1.54) is 6.42 Å². The lowest BCUT2D eigenvalue weighted by molar-refractivity contribution is -0.147. The zero-order valence-corrected chi connectivity index (χ0v) is 15.8. The number of rotatable bonds is 4. The molecule has 1 N–H and O–H groups in total. The smallest absolute Gasteiger partial charge is 0.326 e. The SMILES string of the molecule is CCOC(=O)C1C(=O)/C(=C/c2c[nH]c3ncccc23)OC1=NC1CCCCC1. The number of esters is 1. The number of ketones is 1. The van der Waals surface area contributed by atoms with Gasteiger partial charge in [0, 0.05) is 23.3 Å². The number of aromatic amines is 1. The number of Topliss-reactive ketones (excluding diaryl/α,β-unsaturated/α-hetero) is 1. The van der Waals surface area contributed by atoms with E-state index in [1.54, 1.807) is 25.4 Å². The van der Waals surface area contributed by atoms with Gasteiger partial charge in [-0.05, 0) is 38.0 Å². The van der Waals surface area contributed by atoms with Crippen molar-refractivity contribution >= 4 is 34.8 Å². The molecule has 2 aliphatic rings. The Morgan fingerprint density at radius 3 is 3.00 bits per heavy atom. The third-order valence-corrected chi connectivity index (χ3v) is 5.14. The first-order valence-corrected chi connectivity index (χ1v) is 9.77. The molecule has 7 heteroatoms. The van der Waals surface area contributed by atoms with Crippen LogP contribution in [0.1, 0.15) is 44.6 Å². The number of nitrogens with one attached hydrogen (secondary N) is 1. The predicted octanol–water partition coefficient (Wildman–Crippen LogP) is 3.41. The van der Waals surface area contributed by atoms with E-state index in [1.807, 2.05) is 12.1 Å². The van der Waals surface area contributed by atoms with E-state index in [0.29, 0.717) is 0 Å². The number of allylic oxidation sites excluding steroid dienone is 1. The lowest BCUT2D eigenvalue weighted by Gasteiger charge is -2.18. The maximum absolute atomic E-state index is 12.9. The van der Waals surface area contributed by atoms with Crippen LogP contribution in [0.3, 0.4) is 0 Å². The van der Waals surface area contributed by atoms with Crippen LogP contribution in [0.25, 0.3) is 17.1 Å². The van der Waals surface area contributed by atoms with E-state index in [2.05, 4.69) is 15.0 Å². The van der Waals surface area contributed by atoms with Crippen molar-refractivity contribution in [2.75, 3.05) is 6.61 Å². The molecule has 1 aliphatic carbocycles. The largest absolute Gasteiger partial charge is 0.465 e. The molecule has 0 aromatic carbocycles. The summed E-state index contributed by atoms with van der Waals surface area (Å²) in [6.07, 6.45) is 10.4. The number of aliphatic imine (C=N–C) groups is 1. The monoisotopic (exact) mass is 381 g/mol. The van der Waals surface area contributed by atoms with E-state index < -0.39 is 17.7 Å². The number of aromatic nitrogens is 2. The van der Waals surface area contributed by atoms with Crippen molar-refractivity contribution in [3.05, 3.63) is 35.8 Å². The molecule has 0 amide bonds. The third-order valence-electron chi connectivity index (χ3n) is 5.14. The Kier molecular flexibility index (Phi) is 5.23. The molecule has 2 aromatic heterocycles. The van der Waals surface area contributed by atoms with Gasteiger partial charge in [0.25, 0.3) is 0 Å². The zero-order chi connectivity index (χ0) is 19.5. The first-order valence-electron chi connectivity index (χ1n) is 9.77. The maximum atomic E-state index is 12.9. The molecule has 146 valence electrons. The van der Waals surface area contributed by atoms with Crippen LogP contribution in [0.2, 0.25) is 0 Å². The molecule has 4 rings (SSSR count). The highest BCUT2D eigenvalue weighted by Gasteiger charge is 2.45. The van der Waals surface area contributed by atoms with Gasteiger partial charge < -0.3 is 14.5 Å². The summed E-state index contributed by atoms with van der Waals surface area (Å²) in [5.41, 5.74) is 1.49. The average Bonchev–Trinajstić information content (AvgIpc) is 3.24. The normalized spacial score (nSPS) is 23.5. The second kappa shape index (κ2) is 7.96. The van der Waals surface area contributed by atoms with Crippen LogP contribution in [0.15, 0.2) is 35.3 Å². The molecular formula is C21H23N3O4. The fourth-order valence-electron chi connectivity index (χ4n) is 3.74. The quantitative estimate of drug-likeness (QED) is 0.498. The van der Waals surface area contributed by atoms with Gasteiger partial charge in [0.1, 0.15) is 5.65 Å². The number of ether oxygens (including phenoxy) is 2. The lowest BCUT2D eigenvalue weighted by Crippen LogP contribution is -2.29. The molecule has 1 atom stereocenters. The highest BCUT2D eigenvalue weighted by molar-refractivity contribution is 6.27. The summed E-state index contributed by atoms with van der Waals surface area (Å²) in [6.45, 7) is 1.91. The van der Waals surface area contributed by atoms with Crippen molar-refractivity contribution in [3.8, 4) is 0 Å². The van der Waals surface area contributed by atoms with E-state index in [9.17, 15) is 9.59 Å². The van der Waals surface area contributed by atoms with E-state index in [4.69, 9.17) is 9.47 Å². The van der Waals surface area contributed by atoms with Gasteiger partial charge >= 0.3 is 5.97 Å². The standard InChI is InChI=1S/C21H23N3O4/c1-2-27-21(26)17-18(25)16(28-20(17)24-14-7-4-3-5-8-14)11-13-12-23-19-15(13)9-6-10-22-19/h6,9-12,14,17H,2-5,7-8H2,1H3,(H,22,23)/b16-11-,24-20?. The van der Waals surface area contributed by atoms with Crippen LogP contribution in [-0.4, -0.2) is 40.3 Å². The number of carbonyl (C=O) groups excluding carboxylic acids is 2. The first kappa shape index (κ1) is 18.4. The number of H-pyrrole nitrogens is 1. The number of hydrogen-bond acceptors (Lipinski definition) is 6. The van der Waals surface area contributed by atoms with Crippen LogP contribution < -0.4 is 0 Å². The summed E-state index contributed by atoms with van der Waals surface area (Å²) in [6, 6.07) is 3.82. The fraction of sp³-hybridized carbons (Fsp3) is 0.429. The molecule has 28 heavy (non-hydrogen) atoms. The van der Waals surface area contributed by atoms with Crippen molar-refractivity contribution in [2.45, 2.75) is 45.1 Å². The predicted molar refractivity (Wildman–Crippen MR) is 105 cm³/mol. The Morgan fingerprint density at radius 2 is 2.21 bits per heavy atom. The van der Waals surface area contributed by atoms with Gasteiger partial charge in [-0.25, -0.2) is 4.98 Å². The minimum atomic E-state index is -1.11. The van der Waals surface area contributed by atoms with Crippen LogP contribution in [-0.2, 0) is 19.1 Å². The third kappa shape index (κ3) is 3.56. The summed E-state index contributed by atoms with van der Waals surface area (Å²) in [5, 5.41) is 0.872. The fourth-order valence-corrected chi connectivity index (χ4v) is 3.74. The molecule has 3 heterocycles. The second-order valence-corrected chi connectivity index (χ2v) is 7.06. The number of hydrogen-bond donors (Lipinski definition) is 1. The molecular weight excluding hydrogens is 358 g/mol. The maximum Gasteiger partial charge on any atom is 0.326 e. The van der Waals surface area contributed by atoms with Gasteiger partial charge in [-0.2, -0.15) is 0 Å². The molecule has 1 saturated heterocycles. The highest BCUT2D eigenvalue weighted by atomic mass is 16.5. The highest BCUT2D eigenvalue weighted by Crippen LogP contribution is 2.29. The van der Waals surface area contributed by atoms with Crippen molar-refractivity contribution in [2.24, 2.45) is 10.9 Å². The van der Waals surface area contributed by atoms with Crippen LogP contribution in [0.5, 0.6) is 0 Å². The summed E-state index contributed by atoms with van der Waals surface area (Å²) in [5.74, 6) is -1.86. The first-order chi connectivity index (χ1) is 13.7. The molecule has 0 radical (unpaired) electrons. The van der Waals surface area contributed by atoms with Gasteiger partial charge in [-0.3, -0.25) is 14.6 Å². The van der Waals surface area contributed by atoms with Crippen molar-refractivity contribution in [1.82, 2.24) is 9.97 Å². The molecule has 0 spiro atoms. The van der Waals surface area contributed by atoms with Crippen molar-refractivity contribution in [3.63, 3.8) is 0 Å². The lowest BCUT2D eigenvalue weighted by atomic mass is 9.95. The Bertz CT molecular complexity index is 953. The zero-order valence-electron chi connectivity index (χ0n) is 15.8. The molecule has 7 nitrogen and oxygen atoms in total. The van der Waals surface area contributed by atoms with Crippen LogP contribution >= 0.6 is 0 Å². The van der Waals surface area contributed by atoms with Gasteiger partial charge in [0.2, 0.25) is 11.7 Å². The van der Waals surface area contributed by atoms with Crippen LogP contribution in [0.4, 0.5) is 0 Å². The van der Waals surface area contributed by atoms with Crippen molar-refractivity contribution < 1.29 is 19.1 Å². The van der Waals surface area contributed by atoms with E-state index in [0.717, 1.165) is 42.3 Å². The summed E-state index contributed by atoms with van der Waals surface area (Å²) >= 11 is 0. The molecule has 1 saturated carbocycles. The topological polar surface area (TPSA) is 93.6 Å². The molecule has 2 fully saturated rings. The Hall–Kier alpha value is -2.96. The van der Waals surface area contributed by atoms with Crippen LogP contribution in [0, 0.1) is 5.92 Å².